The van der Waals surface area contributed by atoms with Gasteiger partial charge in [-0.05, 0) is 23.5 Å². The third-order valence-electron chi connectivity index (χ3n) is 3.72. The highest BCUT2D eigenvalue weighted by Crippen LogP contribution is 2.23. The second kappa shape index (κ2) is 6.67. The molecule has 1 unspecified atom stereocenters. The van der Waals surface area contributed by atoms with Crippen LogP contribution in [-0.2, 0) is 27.1 Å². The largest absolute Gasteiger partial charge is 0.384 e. The summed E-state index contributed by atoms with van der Waals surface area (Å²) in [5.74, 6) is 0.333. The first kappa shape index (κ1) is 15.4. The highest BCUT2D eigenvalue weighted by atomic mass is 32.2. The van der Waals surface area contributed by atoms with Crippen LogP contribution in [-0.4, -0.2) is 39.5 Å². The molecule has 112 valence electrons. The standard InChI is InChI=1S/C14H22N2O3S/c1-19-10-12-6-7-16(9-12)20(17,18)11-14-5-3-2-4-13(14)8-15/h2-5,12H,6-11,15H2,1H3. The van der Waals surface area contributed by atoms with E-state index < -0.39 is 10.0 Å². The Bertz CT molecular complexity index is 545. The SMILES string of the molecule is COCC1CCN(S(=O)(=O)Cc2ccccc2CN)C1. The molecule has 1 heterocycles. The van der Waals surface area contributed by atoms with Crippen molar-refractivity contribution >= 4 is 10.0 Å². The second-order valence-electron chi connectivity index (χ2n) is 5.20. The molecule has 6 heteroatoms. The first-order valence-electron chi connectivity index (χ1n) is 6.80. The summed E-state index contributed by atoms with van der Waals surface area (Å²) in [6.07, 6.45) is 0.867. The summed E-state index contributed by atoms with van der Waals surface area (Å²) >= 11 is 0. The van der Waals surface area contributed by atoms with Gasteiger partial charge in [0.2, 0.25) is 10.0 Å². The van der Waals surface area contributed by atoms with Gasteiger partial charge in [0.15, 0.2) is 0 Å². The van der Waals surface area contributed by atoms with E-state index in [2.05, 4.69) is 0 Å². The molecular formula is C14H22N2O3S. The van der Waals surface area contributed by atoms with Crippen LogP contribution in [0.1, 0.15) is 17.5 Å². The Labute approximate surface area is 120 Å². The smallest absolute Gasteiger partial charge is 0.218 e. The molecule has 0 saturated carbocycles. The maximum Gasteiger partial charge on any atom is 0.218 e. The number of nitrogens with two attached hydrogens (primary N) is 1. The van der Waals surface area contributed by atoms with Crippen molar-refractivity contribution in [2.75, 3.05) is 26.8 Å². The van der Waals surface area contributed by atoms with Crippen molar-refractivity contribution < 1.29 is 13.2 Å². The van der Waals surface area contributed by atoms with Crippen molar-refractivity contribution in [3.8, 4) is 0 Å². The first-order chi connectivity index (χ1) is 9.56. The molecule has 1 aromatic carbocycles. The number of sulfonamides is 1. The van der Waals surface area contributed by atoms with E-state index in [1.54, 1.807) is 11.4 Å². The van der Waals surface area contributed by atoms with E-state index in [0.29, 0.717) is 32.2 Å². The molecule has 2 rings (SSSR count). The van der Waals surface area contributed by atoms with Crippen LogP contribution in [0.15, 0.2) is 24.3 Å². The lowest BCUT2D eigenvalue weighted by Gasteiger charge is -2.17. The molecule has 1 atom stereocenters. The Morgan fingerprint density at radius 3 is 2.70 bits per heavy atom. The average molecular weight is 298 g/mol. The highest BCUT2D eigenvalue weighted by molar-refractivity contribution is 7.88. The molecule has 1 aromatic rings. The van der Waals surface area contributed by atoms with Crippen molar-refractivity contribution in [3.05, 3.63) is 35.4 Å². The van der Waals surface area contributed by atoms with E-state index >= 15 is 0 Å². The lowest BCUT2D eigenvalue weighted by Crippen LogP contribution is -2.30. The zero-order valence-electron chi connectivity index (χ0n) is 11.8. The van der Waals surface area contributed by atoms with Gasteiger partial charge in [0.05, 0.1) is 12.4 Å². The van der Waals surface area contributed by atoms with Crippen LogP contribution in [0.4, 0.5) is 0 Å². The fraction of sp³-hybridized carbons (Fsp3) is 0.571. The molecule has 5 nitrogen and oxygen atoms in total. The number of hydrogen-bond acceptors (Lipinski definition) is 4. The Balaban J connectivity index is 2.08. The number of ether oxygens (including phenoxy) is 1. The predicted octanol–water partition coefficient (Wildman–Crippen LogP) is 0.943. The van der Waals surface area contributed by atoms with E-state index in [1.807, 2.05) is 24.3 Å². The Morgan fingerprint density at radius 1 is 1.35 bits per heavy atom. The molecule has 1 fully saturated rings. The zero-order chi connectivity index (χ0) is 14.6. The van der Waals surface area contributed by atoms with Crippen LogP contribution in [0.25, 0.3) is 0 Å². The number of hydrogen-bond donors (Lipinski definition) is 1. The number of rotatable bonds is 6. The molecule has 0 bridgehead atoms. The van der Waals surface area contributed by atoms with Crippen LogP contribution in [0.2, 0.25) is 0 Å². The molecule has 0 aromatic heterocycles. The molecule has 1 saturated heterocycles. The summed E-state index contributed by atoms with van der Waals surface area (Å²) in [5.41, 5.74) is 7.35. The molecule has 0 radical (unpaired) electrons. The Kier molecular flexibility index (Phi) is 5.15. The number of methoxy groups -OCH3 is 1. The minimum atomic E-state index is -3.27. The highest BCUT2D eigenvalue weighted by Gasteiger charge is 2.31. The maximum atomic E-state index is 12.5. The minimum Gasteiger partial charge on any atom is -0.384 e. The van der Waals surface area contributed by atoms with E-state index in [1.165, 1.54) is 0 Å². The van der Waals surface area contributed by atoms with Gasteiger partial charge in [0.1, 0.15) is 0 Å². The molecule has 1 aliphatic heterocycles. The maximum absolute atomic E-state index is 12.5. The van der Waals surface area contributed by atoms with Crippen LogP contribution in [0, 0.1) is 5.92 Å². The van der Waals surface area contributed by atoms with E-state index in [4.69, 9.17) is 10.5 Å². The van der Waals surface area contributed by atoms with Crippen LogP contribution >= 0.6 is 0 Å². The van der Waals surface area contributed by atoms with Crippen LogP contribution < -0.4 is 5.73 Å². The second-order valence-corrected chi connectivity index (χ2v) is 7.17. The van der Waals surface area contributed by atoms with Gasteiger partial charge >= 0.3 is 0 Å². The van der Waals surface area contributed by atoms with Gasteiger partial charge in [-0.1, -0.05) is 24.3 Å². The van der Waals surface area contributed by atoms with Crippen molar-refractivity contribution in [1.82, 2.24) is 4.31 Å². The number of nitrogens with zero attached hydrogens (tertiary/aromatic N) is 1. The predicted molar refractivity (Wildman–Crippen MR) is 78.5 cm³/mol. The van der Waals surface area contributed by atoms with Crippen molar-refractivity contribution in [1.29, 1.82) is 0 Å². The molecule has 0 aliphatic carbocycles. The van der Waals surface area contributed by atoms with Crippen LogP contribution in [0.5, 0.6) is 0 Å². The van der Waals surface area contributed by atoms with Crippen molar-refractivity contribution in [2.45, 2.75) is 18.7 Å². The molecule has 0 amide bonds. The van der Waals surface area contributed by atoms with E-state index in [9.17, 15) is 8.42 Å². The summed E-state index contributed by atoms with van der Waals surface area (Å²) in [4.78, 5) is 0. The lowest BCUT2D eigenvalue weighted by molar-refractivity contribution is 0.157. The zero-order valence-corrected chi connectivity index (χ0v) is 12.6. The fourth-order valence-corrected chi connectivity index (χ4v) is 4.29. The van der Waals surface area contributed by atoms with E-state index in [0.717, 1.165) is 17.5 Å². The summed E-state index contributed by atoms with van der Waals surface area (Å²) in [5, 5.41) is 0. The minimum absolute atomic E-state index is 0.0279. The van der Waals surface area contributed by atoms with Crippen molar-refractivity contribution in [2.24, 2.45) is 11.7 Å². The van der Waals surface area contributed by atoms with E-state index in [-0.39, 0.29) is 5.75 Å². The lowest BCUT2D eigenvalue weighted by atomic mass is 10.1. The Hall–Kier alpha value is -0.950. The van der Waals surface area contributed by atoms with Gasteiger partial charge < -0.3 is 10.5 Å². The van der Waals surface area contributed by atoms with Gasteiger partial charge in [0, 0.05) is 26.7 Å². The molecule has 0 spiro atoms. The third kappa shape index (κ3) is 3.58. The quantitative estimate of drug-likeness (QED) is 0.848. The normalized spacial score (nSPS) is 20.4. The molecule has 20 heavy (non-hydrogen) atoms. The summed E-state index contributed by atoms with van der Waals surface area (Å²) in [6, 6.07) is 7.44. The Morgan fingerprint density at radius 2 is 2.05 bits per heavy atom. The van der Waals surface area contributed by atoms with Crippen molar-refractivity contribution in [3.63, 3.8) is 0 Å². The average Bonchev–Trinajstić information content (AvgIpc) is 2.89. The topological polar surface area (TPSA) is 72.6 Å². The molecule has 1 aliphatic rings. The summed E-state index contributed by atoms with van der Waals surface area (Å²) < 4.78 is 31.6. The molecular weight excluding hydrogens is 276 g/mol. The van der Waals surface area contributed by atoms with Gasteiger partial charge in [-0.2, -0.15) is 0 Å². The summed E-state index contributed by atoms with van der Waals surface area (Å²) in [7, 11) is -1.63. The van der Waals surface area contributed by atoms with Gasteiger partial charge in [0.25, 0.3) is 0 Å². The molecule has 2 N–H and O–H groups in total. The van der Waals surface area contributed by atoms with Gasteiger partial charge in [-0.25, -0.2) is 12.7 Å². The summed E-state index contributed by atoms with van der Waals surface area (Å²) in [6.45, 7) is 2.12. The monoisotopic (exact) mass is 298 g/mol. The number of benzene rings is 1. The third-order valence-corrected chi connectivity index (χ3v) is 5.51. The van der Waals surface area contributed by atoms with Gasteiger partial charge in [-0.15, -0.1) is 0 Å². The fourth-order valence-electron chi connectivity index (χ4n) is 2.61. The van der Waals surface area contributed by atoms with Gasteiger partial charge in [-0.3, -0.25) is 0 Å². The van der Waals surface area contributed by atoms with Crippen LogP contribution in [0.3, 0.4) is 0 Å². The first-order valence-corrected chi connectivity index (χ1v) is 8.41.